The Balaban J connectivity index is 1.75. The van der Waals surface area contributed by atoms with Crippen LogP contribution in [-0.4, -0.2) is 11.6 Å². The fourth-order valence-corrected chi connectivity index (χ4v) is 2.46. The van der Waals surface area contributed by atoms with E-state index in [-0.39, 0.29) is 5.82 Å². The first-order chi connectivity index (χ1) is 9.74. The van der Waals surface area contributed by atoms with E-state index in [4.69, 9.17) is 16.3 Å². The molecule has 0 atom stereocenters. The van der Waals surface area contributed by atoms with Crippen molar-refractivity contribution in [3.63, 3.8) is 0 Å². The molecule has 0 unspecified atom stereocenters. The van der Waals surface area contributed by atoms with E-state index in [1.807, 2.05) is 6.07 Å². The number of aromatic nitrogens is 1. The molecule has 3 nitrogen and oxygen atoms in total. The third kappa shape index (κ3) is 2.76. The molecular formula is C15H14ClFN2O. The van der Waals surface area contributed by atoms with Gasteiger partial charge in [0.15, 0.2) is 0 Å². The zero-order chi connectivity index (χ0) is 13.9. The first-order valence-corrected chi connectivity index (χ1v) is 6.84. The molecule has 20 heavy (non-hydrogen) atoms. The molecule has 104 valence electrons. The van der Waals surface area contributed by atoms with E-state index in [1.165, 1.54) is 6.07 Å². The van der Waals surface area contributed by atoms with E-state index >= 15 is 0 Å². The summed E-state index contributed by atoms with van der Waals surface area (Å²) < 4.78 is 19.1. The van der Waals surface area contributed by atoms with Gasteiger partial charge in [-0.25, -0.2) is 4.39 Å². The van der Waals surface area contributed by atoms with Gasteiger partial charge in [0.1, 0.15) is 5.82 Å². The van der Waals surface area contributed by atoms with Gasteiger partial charge in [-0.15, -0.1) is 0 Å². The SMILES string of the molecule is Fc1cccc(Cl)c1CNc1cnc2c(c1)COCC2. The molecule has 1 aromatic heterocycles. The Morgan fingerprint density at radius 2 is 2.30 bits per heavy atom. The molecule has 0 aliphatic carbocycles. The second kappa shape index (κ2) is 5.77. The lowest BCUT2D eigenvalue weighted by Gasteiger charge is -2.17. The van der Waals surface area contributed by atoms with Crippen LogP contribution in [0.15, 0.2) is 30.5 Å². The minimum absolute atomic E-state index is 0.306. The molecule has 0 saturated heterocycles. The number of benzene rings is 1. The molecule has 1 N–H and O–H groups in total. The number of anilines is 1. The molecule has 0 spiro atoms. The molecule has 0 amide bonds. The highest BCUT2D eigenvalue weighted by atomic mass is 35.5. The highest BCUT2D eigenvalue weighted by Crippen LogP contribution is 2.22. The van der Waals surface area contributed by atoms with Crippen molar-refractivity contribution in [3.8, 4) is 0 Å². The number of ether oxygens (including phenoxy) is 1. The first kappa shape index (κ1) is 13.3. The highest BCUT2D eigenvalue weighted by molar-refractivity contribution is 6.31. The normalized spacial score (nSPS) is 13.9. The van der Waals surface area contributed by atoms with Crippen molar-refractivity contribution in [1.29, 1.82) is 0 Å². The maximum Gasteiger partial charge on any atom is 0.129 e. The van der Waals surface area contributed by atoms with Crippen LogP contribution in [0.2, 0.25) is 5.02 Å². The summed E-state index contributed by atoms with van der Waals surface area (Å²) in [5, 5.41) is 3.57. The van der Waals surface area contributed by atoms with Crippen LogP contribution < -0.4 is 5.32 Å². The lowest BCUT2D eigenvalue weighted by atomic mass is 10.1. The summed E-state index contributed by atoms with van der Waals surface area (Å²) in [5.41, 5.74) is 3.46. The maximum absolute atomic E-state index is 13.7. The van der Waals surface area contributed by atoms with E-state index in [0.717, 1.165) is 30.0 Å². The Hall–Kier alpha value is -1.65. The summed E-state index contributed by atoms with van der Waals surface area (Å²) in [5.74, 6) is -0.306. The van der Waals surface area contributed by atoms with Crippen molar-refractivity contribution in [1.82, 2.24) is 4.98 Å². The fraction of sp³-hybridized carbons (Fsp3) is 0.267. The molecular weight excluding hydrogens is 279 g/mol. The van der Waals surface area contributed by atoms with Gasteiger partial charge in [-0.05, 0) is 18.2 Å². The molecule has 1 aromatic carbocycles. The van der Waals surface area contributed by atoms with Crippen molar-refractivity contribution in [2.75, 3.05) is 11.9 Å². The molecule has 1 aliphatic heterocycles. The van der Waals surface area contributed by atoms with Gasteiger partial charge in [-0.3, -0.25) is 4.98 Å². The Morgan fingerprint density at radius 3 is 3.15 bits per heavy atom. The Kier molecular flexibility index (Phi) is 3.85. The van der Waals surface area contributed by atoms with E-state index < -0.39 is 0 Å². The minimum Gasteiger partial charge on any atom is -0.380 e. The summed E-state index contributed by atoms with van der Waals surface area (Å²) in [7, 11) is 0. The van der Waals surface area contributed by atoms with E-state index in [0.29, 0.717) is 23.7 Å². The number of pyridine rings is 1. The lowest BCUT2D eigenvalue weighted by Crippen LogP contribution is -2.12. The predicted molar refractivity (Wildman–Crippen MR) is 76.3 cm³/mol. The van der Waals surface area contributed by atoms with E-state index in [9.17, 15) is 4.39 Å². The topological polar surface area (TPSA) is 34.2 Å². The van der Waals surface area contributed by atoms with Gasteiger partial charge < -0.3 is 10.1 Å². The third-order valence-electron chi connectivity index (χ3n) is 3.33. The predicted octanol–water partition coefficient (Wildman–Crippen LogP) is 3.56. The largest absolute Gasteiger partial charge is 0.380 e. The van der Waals surface area contributed by atoms with Gasteiger partial charge >= 0.3 is 0 Å². The number of nitrogens with zero attached hydrogens (tertiary/aromatic N) is 1. The second-order valence-electron chi connectivity index (χ2n) is 4.69. The van der Waals surface area contributed by atoms with Gasteiger partial charge in [-0.1, -0.05) is 17.7 Å². The van der Waals surface area contributed by atoms with Crippen LogP contribution in [0.25, 0.3) is 0 Å². The van der Waals surface area contributed by atoms with Gasteiger partial charge in [-0.2, -0.15) is 0 Å². The van der Waals surface area contributed by atoms with Crippen molar-refractivity contribution < 1.29 is 9.13 Å². The molecule has 2 aromatic rings. The van der Waals surface area contributed by atoms with Gasteiger partial charge in [0, 0.05) is 34.8 Å². The van der Waals surface area contributed by atoms with Crippen LogP contribution in [0.1, 0.15) is 16.8 Å². The summed E-state index contributed by atoms with van der Waals surface area (Å²) in [4.78, 5) is 4.41. The van der Waals surface area contributed by atoms with E-state index in [2.05, 4.69) is 10.3 Å². The molecule has 5 heteroatoms. The van der Waals surface area contributed by atoms with E-state index in [1.54, 1.807) is 18.3 Å². The van der Waals surface area contributed by atoms with Crippen LogP contribution in [-0.2, 0) is 24.3 Å². The summed E-state index contributed by atoms with van der Waals surface area (Å²) in [6, 6.07) is 6.68. The number of fused-ring (bicyclic) bond motifs is 1. The molecule has 0 fully saturated rings. The number of hydrogen-bond donors (Lipinski definition) is 1. The Morgan fingerprint density at radius 1 is 1.40 bits per heavy atom. The monoisotopic (exact) mass is 292 g/mol. The van der Waals surface area contributed by atoms with Crippen molar-refractivity contribution in [2.24, 2.45) is 0 Å². The van der Waals surface area contributed by atoms with Crippen LogP contribution in [0, 0.1) is 5.82 Å². The number of nitrogens with one attached hydrogen (secondary N) is 1. The van der Waals surface area contributed by atoms with Crippen LogP contribution in [0.3, 0.4) is 0 Å². The average molecular weight is 293 g/mol. The Labute approximate surface area is 121 Å². The molecule has 0 bridgehead atoms. The van der Waals surface area contributed by atoms with Crippen LogP contribution in [0.4, 0.5) is 10.1 Å². The smallest absolute Gasteiger partial charge is 0.129 e. The molecule has 1 aliphatic rings. The highest BCUT2D eigenvalue weighted by Gasteiger charge is 2.12. The zero-order valence-electron chi connectivity index (χ0n) is 10.8. The third-order valence-corrected chi connectivity index (χ3v) is 3.69. The van der Waals surface area contributed by atoms with Crippen molar-refractivity contribution in [2.45, 2.75) is 19.6 Å². The Bertz CT molecular complexity index is 613. The molecule has 2 heterocycles. The second-order valence-corrected chi connectivity index (χ2v) is 5.09. The molecule has 0 saturated carbocycles. The molecule has 3 rings (SSSR count). The number of halogens is 2. The quantitative estimate of drug-likeness (QED) is 0.939. The van der Waals surface area contributed by atoms with Crippen LogP contribution >= 0.6 is 11.6 Å². The van der Waals surface area contributed by atoms with Gasteiger partial charge in [0.05, 0.1) is 25.1 Å². The zero-order valence-corrected chi connectivity index (χ0v) is 11.6. The van der Waals surface area contributed by atoms with Gasteiger partial charge in [0.2, 0.25) is 0 Å². The standard InChI is InChI=1S/C15H14ClFN2O/c16-13-2-1-3-14(17)12(13)8-18-11-6-10-9-20-5-4-15(10)19-7-11/h1-3,6-7,18H,4-5,8-9H2. The summed E-state index contributed by atoms with van der Waals surface area (Å²) in [6.45, 7) is 1.63. The fourth-order valence-electron chi connectivity index (χ4n) is 2.23. The molecule has 0 radical (unpaired) electrons. The number of hydrogen-bond acceptors (Lipinski definition) is 3. The van der Waals surface area contributed by atoms with Crippen molar-refractivity contribution in [3.05, 3.63) is 58.1 Å². The summed E-state index contributed by atoms with van der Waals surface area (Å²) in [6.07, 6.45) is 2.60. The van der Waals surface area contributed by atoms with Crippen molar-refractivity contribution >= 4 is 17.3 Å². The summed E-state index contributed by atoms with van der Waals surface area (Å²) >= 11 is 6.00. The number of rotatable bonds is 3. The van der Waals surface area contributed by atoms with Gasteiger partial charge in [0.25, 0.3) is 0 Å². The first-order valence-electron chi connectivity index (χ1n) is 6.46. The maximum atomic E-state index is 13.7. The lowest BCUT2D eigenvalue weighted by molar-refractivity contribution is 0.109. The average Bonchev–Trinajstić information content (AvgIpc) is 2.46. The minimum atomic E-state index is -0.306. The van der Waals surface area contributed by atoms with Crippen LogP contribution in [0.5, 0.6) is 0 Å².